The fourth-order valence-electron chi connectivity index (χ4n) is 1.64. The van der Waals surface area contributed by atoms with E-state index in [0.29, 0.717) is 0 Å². The van der Waals surface area contributed by atoms with Crippen LogP contribution in [0.25, 0.3) is 10.9 Å². The minimum Gasteiger partial charge on any atom is -0.387 e. The highest BCUT2D eigenvalue weighted by atomic mass is 16.3. The summed E-state index contributed by atoms with van der Waals surface area (Å²) in [6.07, 6.45) is 0.617. The van der Waals surface area contributed by atoms with Crippen LogP contribution in [0.15, 0.2) is 24.3 Å². The van der Waals surface area contributed by atoms with E-state index in [2.05, 4.69) is 30.1 Å². The highest BCUT2D eigenvalue weighted by molar-refractivity contribution is 5.81. The maximum absolute atomic E-state index is 9.42. The quantitative estimate of drug-likeness (QED) is 0.748. The Hall–Kier alpha value is -1.28. The summed E-state index contributed by atoms with van der Waals surface area (Å²) in [6, 6.07) is 8.36. The van der Waals surface area contributed by atoms with Gasteiger partial charge in [0.2, 0.25) is 0 Å². The fraction of sp³-hybridized carbons (Fsp3) is 0.333. The van der Waals surface area contributed by atoms with E-state index in [4.69, 9.17) is 0 Å². The molecule has 0 fully saturated rings. The molecule has 1 unspecified atom stereocenters. The fourth-order valence-corrected chi connectivity index (χ4v) is 1.64. The summed E-state index contributed by atoms with van der Waals surface area (Å²) >= 11 is 0. The molecule has 2 rings (SSSR count). The van der Waals surface area contributed by atoms with Gasteiger partial charge in [0, 0.05) is 11.2 Å². The molecular formula is C12H15NO. The molecule has 0 radical (unpaired) electrons. The Morgan fingerprint density at radius 2 is 2.14 bits per heavy atom. The van der Waals surface area contributed by atoms with Gasteiger partial charge in [-0.05, 0) is 36.4 Å². The Balaban J connectivity index is 2.54. The van der Waals surface area contributed by atoms with Crippen molar-refractivity contribution in [1.82, 2.24) is 4.98 Å². The van der Waals surface area contributed by atoms with Gasteiger partial charge >= 0.3 is 0 Å². The SMILES string of the molecule is CCc1ccc2cc(C(C)O)[nH]c2c1. The average molecular weight is 189 g/mol. The highest BCUT2D eigenvalue weighted by Gasteiger charge is 2.05. The third-order valence-corrected chi connectivity index (χ3v) is 2.57. The van der Waals surface area contributed by atoms with Crippen molar-refractivity contribution in [2.45, 2.75) is 26.4 Å². The van der Waals surface area contributed by atoms with Crippen molar-refractivity contribution >= 4 is 10.9 Å². The van der Waals surface area contributed by atoms with Crippen molar-refractivity contribution in [2.75, 3.05) is 0 Å². The van der Waals surface area contributed by atoms with Gasteiger partial charge in [0.25, 0.3) is 0 Å². The largest absolute Gasteiger partial charge is 0.387 e. The van der Waals surface area contributed by atoms with Gasteiger partial charge in [0.1, 0.15) is 0 Å². The van der Waals surface area contributed by atoms with Crippen LogP contribution in [0.4, 0.5) is 0 Å². The molecule has 0 spiro atoms. The molecule has 0 aliphatic heterocycles. The number of fused-ring (bicyclic) bond motifs is 1. The lowest BCUT2D eigenvalue weighted by molar-refractivity contribution is 0.195. The van der Waals surface area contributed by atoms with Gasteiger partial charge in [0.15, 0.2) is 0 Å². The minimum absolute atomic E-state index is 0.424. The topological polar surface area (TPSA) is 36.0 Å². The van der Waals surface area contributed by atoms with Crippen LogP contribution in [0.5, 0.6) is 0 Å². The molecule has 1 aromatic heterocycles. The molecule has 2 nitrogen and oxygen atoms in total. The van der Waals surface area contributed by atoms with Crippen LogP contribution < -0.4 is 0 Å². The molecule has 0 amide bonds. The first-order valence-corrected chi connectivity index (χ1v) is 5.00. The summed E-state index contributed by atoms with van der Waals surface area (Å²) in [5.41, 5.74) is 3.31. The normalized spacial score (nSPS) is 13.4. The lowest BCUT2D eigenvalue weighted by Crippen LogP contribution is -1.89. The van der Waals surface area contributed by atoms with Crippen LogP contribution in [0.2, 0.25) is 0 Å². The van der Waals surface area contributed by atoms with Crippen LogP contribution in [-0.4, -0.2) is 10.1 Å². The molecule has 0 aliphatic rings. The van der Waals surface area contributed by atoms with E-state index in [-0.39, 0.29) is 0 Å². The van der Waals surface area contributed by atoms with Crippen LogP contribution in [-0.2, 0) is 6.42 Å². The smallest absolute Gasteiger partial charge is 0.0910 e. The van der Waals surface area contributed by atoms with Crippen LogP contribution in [0.3, 0.4) is 0 Å². The predicted molar refractivity (Wildman–Crippen MR) is 58.3 cm³/mol. The number of benzene rings is 1. The monoisotopic (exact) mass is 189 g/mol. The number of nitrogens with one attached hydrogen (secondary N) is 1. The number of aromatic nitrogens is 1. The maximum atomic E-state index is 9.42. The second-order valence-electron chi connectivity index (χ2n) is 3.68. The molecule has 1 aromatic carbocycles. The molecule has 2 aromatic rings. The molecule has 2 heteroatoms. The minimum atomic E-state index is -0.424. The Labute approximate surface area is 83.6 Å². The van der Waals surface area contributed by atoms with E-state index in [9.17, 15) is 5.11 Å². The third-order valence-electron chi connectivity index (χ3n) is 2.57. The van der Waals surface area contributed by atoms with Gasteiger partial charge in [-0.25, -0.2) is 0 Å². The summed E-state index contributed by atoms with van der Waals surface area (Å²) < 4.78 is 0. The molecule has 74 valence electrons. The Morgan fingerprint density at radius 3 is 2.79 bits per heavy atom. The standard InChI is InChI=1S/C12H15NO/c1-3-9-4-5-10-7-11(8(2)14)13-12(10)6-9/h4-8,13-14H,3H2,1-2H3. The van der Waals surface area contributed by atoms with Crippen molar-refractivity contribution in [3.8, 4) is 0 Å². The molecule has 0 aliphatic carbocycles. The van der Waals surface area contributed by atoms with Gasteiger partial charge in [-0.1, -0.05) is 19.1 Å². The van der Waals surface area contributed by atoms with Gasteiger partial charge in [0.05, 0.1) is 6.10 Å². The van der Waals surface area contributed by atoms with Gasteiger partial charge in [-0.15, -0.1) is 0 Å². The lowest BCUT2D eigenvalue weighted by Gasteiger charge is -1.97. The van der Waals surface area contributed by atoms with Gasteiger partial charge in [-0.2, -0.15) is 0 Å². The number of aliphatic hydroxyl groups is 1. The average Bonchev–Trinajstić information content (AvgIpc) is 2.59. The molecule has 0 bridgehead atoms. The van der Waals surface area contributed by atoms with Crippen molar-refractivity contribution in [1.29, 1.82) is 0 Å². The molecule has 0 saturated heterocycles. The number of aromatic amines is 1. The number of aryl methyl sites for hydroxylation is 1. The summed E-state index contributed by atoms with van der Waals surface area (Å²) in [7, 11) is 0. The van der Waals surface area contributed by atoms with Gasteiger partial charge < -0.3 is 10.1 Å². The van der Waals surface area contributed by atoms with E-state index < -0.39 is 6.10 Å². The summed E-state index contributed by atoms with van der Waals surface area (Å²) in [4.78, 5) is 3.22. The molecule has 0 saturated carbocycles. The molecule has 1 atom stereocenters. The van der Waals surface area contributed by atoms with Crippen molar-refractivity contribution < 1.29 is 5.11 Å². The predicted octanol–water partition coefficient (Wildman–Crippen LogP) is 2.78. The zero-order valence-electron chi connectivity index (χ0n) is 8.54. The highest BCUT2D eigenvalue weighted by Crippen LogP contribution is 2.21. The van der Waals surface area contributed by atoms with E-state index in [1.807, 2.05) is 6.07 Å². The Kier molecular flexibility index (Phi) is 2.30. The first-order chi connectivity index (χ1) is 6.70. The molecular weight excluding hydrogens is 174 g/mol. The van der Waals surface area contributed by atoms with E-state index in [0.717, 1.165) is 23.0 Å². The van der Waals surface area contributed by atoms with Crippen molar-refractivity contribution in [3.63, 3.8) is 0 Å². The van der Waals surface area contributed by atoms with Crippen molar-refractivity contribution in [3.05, 3.63) is 35.5 Å². The molecule has 2 N–H and O–H groups in total. The second-order valence-corrected chi connectivity index (χ2v) is 3.68. The lowest BCUT2D eigenvalue weighted by atomic mass is 10.1. The van der Waals surface area contributed by atoms with Crippen LogP contribution in [0.1, 0.15) is 31.2 Å². The third kappa shape index (κ3) is 1.53. The maximum Gasteiger partial charge on any atom is 0.0910 e. The van der Waals surface area contributed by atoms with Gasteiger partial charge in [-0.3, -0.25) is 0 Å². The first kappa shape index (κ1) is 9.28. The zero-order valence-corrected chi connectivity index (χ0v) is 8.54. The number of rotatable bonds is 2. The number of hydrogen-bond acceptors (Lipinski definition) is 1. The summed E-state index contributed by atoms with van der Waals surface area (Å²) in [6.45, 7) is 3.91. The first-order valence-electron chi connectivity index (χ1n) is 5.00. The summed E-state index contributed by atoms with van der Waals surface area (Å²) in [5.74, 6) is 0. The summed E-state index contributed by atoms with van der Waals surface area (Å²) in [5, 5.41) is 10.6. The Morgan fingerprint density at radius 1 is 1.36 bits per heavy atom. The van der Waals surface area contributed by atoms with Crippen molar-refractivity contribution in [2.24, 2.45) is 0 Å². The zero-order chi connectivity index (χ0) is 10.1. The second kappa shape index (κ2) is 3.46. The van der Waals surface area contributed by atoms with E-state index in [1.54, 1.807) is 6.92 Å². The van der Waals surface area contributed by atoms with E-state index >= 15 is 0 Å². The van der Waals surface area contributed by atoms with E-state index in [1.165, 1.54) is 5.56 Å². The molecule has 1 heterocycles. The van der Waals surface area contributed by atoms with Crippen LogP contribution in [0, 0.1) is 0 Å². The number of H-pyrrole nitrogens is 1. The number of hydrogen-bond donors (Lipinski definition) is 2. The van der Waals surface area contributed by atoms with Crippen LogP contribution >= 0.6 is 0 Å². The molecule has 14 heavy (non-hydrogen) atoms. The number of aliphatic hydroxyl groups excluding tert-OH is 1. The Bertz CT molecular complexity index is 443.